The van der Waals surface area contributed by atoms with Gasteiger partial charge in [-0.1, -0.05) is 26.0 Å². The summed E-state index contributed by atoms with van der Waals surface area (Å²) in [5, 5.41) is 12.2. The quantitative estimate of drug-likeness (QED) is 0.682. The van der Waals surface area contributed by atoms with E-state index in [9.17, 15) is 9.59 Å². The number of hydrogen-bond donors (Lipinski definition) is 2. The minimum atomic E-state index is -0.685. The van der Waals surface area contributed by atoms with E-state index in [-0.39, 0.29) is 11.8 Å². The van der Waals surface area contributed by atoms with Crippen LogP contribution in [0, 0.1) is 18.8 Å². The molecule has 0 aliphatic carbocycles. The molecule has 2 N–H and O–H groups in total. The summed E-state index contributed by atoms with van der Waals surface area (Å²) in [4.78, 5) is 28.0. The Morgan fingerprint density at radius 2 is 1.97 bits per heavy atom. The summed E-state index contributed by atoms with van der Waals surface area (Å²) in [6.07, 6.45) is 2.38. The molecule has 5 nitrogen and oxygen atoms in total. The van der Waals surface area contributed by atoms with Crippen molar-refractivity contribution in [1.82, 2.24) is 4.90 Å². The zero-order valence-corrected chi connectivity index (χ0v) is 18.2. The highest BCUT2D eigenvalue weighted by Gasteiger charge is 2.24. The molecule has 1 aromatic heterocycles. The molecule has 0 spiro atoms. The zero-order valence-electron chi connectivity index (χ0n) is 17.4. The van der Waals surface area contributed by atoms with Gasteiger partial charge in [0.1, 0.15) is 0 Å². The van der Waals surface area contributed by atoms with Crippen LogP contribution in [-0.2, 0) is 17.8 Å². The monoisotopic (exact) mass is 414 g/mol. The van der Waals surface area contributed by atoms with Crippen molar-refractivity contribution in [3.05, 3.63) is 51.2 Å². The van der Waals surface area contributed by atoms with E-state index in [4.69, 9.17) is 5.11 Å². The number of carboxylic acids is 1. The van der Waals surface area contributed by atoms with Gasteiger partial charge in [0.05, 0.1) is 10.8 Å². The fourth-order valence-electron chi connectivity index (χ4n) is 3.81. The molecule has 1 aliphatic heterocycles. The predicted octanol–water partition coefficient (Wildman–Crippen LogP) is 4.80. The van der Waals surface area contributed by atoms with E-state index >= 15 is 0 Å². The van der Waals surface area contributed by atoms with E-state index in [1.54, 1.807) is 11.3 Å². The topological polar surface area (TPSA) is 69.6 Å². The number of aliphatic carboxylic acids is 1. The van der Waals surface area contributed by atoms with E-state index in [0.29, 0.717) is 18.8 Å². The lowest BCUT2D eigenvalue weighted by molar-refractivity contribution is -0.143. The lowest BCUT2D eigenvalue weighted by Crippen LogP contribution is -2.35. The first-order valence-corrected chi connectivity index (χ1v) is 11.1. The average molecular weight is 415 g/mol. The highest BCUT2D eigenvalue weighted by atomic mass is 32.1. The van der Waals surface area contributed by atoms with Crippen LogP contribution in [0.2, 0.25) is 0 Å². The zero-order chi connectivity index (χ0) is 21.0. The van der Waals surface area contributed by atoms with Crippen LogP contribution in [0.25, 0.3) is 0 Å². The van der Waals surface area contributed by atoms with Crippen LogP contribution in [0.3, 0.4) is 0 Å². The second kappa shape index (κ2) is 9.55. The Morgan fingerprint density at radius 1 is 1.24 bits per heavy atom. The molecular weight excluding hydrogens is 384 g/mol. The Kier molecular flexibility index (Phi) is 7.09. The molecule has 1 aromatic carbocycles. The van der Waals surface area contributed by atoms with Gasteiger partial charge in [-0.3, -0.25) is 14.5 Å². The van der Waals surface area contributed by atoms with Gasteiger partial charge in [-0.15, -0.1) is 11.3 Å². The van der Waals surface area contributed by atoms with Crippen molar-refractivity contribution in [2.75, 3.05) is 18.4 Å². The number of carbonyl (C=O) groups excluding carboxylic acids is 1. The fraction of sp³-hybridized carbons (Fsp3) is 0.478. The van der Waals surface area contributed by atoms with Gasteiger partial charge in [0.15, 0.2) is 0 Å². The standard InChI is InChI=1S/C23H30N2O3S/c1-15(2)11-19-13-21(29-16(19)3)22(26)24-20-6-4-5-17(12-20)14-25-9-7-18(8-10-25)23(27)28/h4-6,12-13,15,18H,7-11,14H2,1-3H3,(H,24,26)(H,27,28). The number of rotatable bonds is 7. The van der Waals surface area contributed by atoms with Gasteiger partial charge in [-0.2, -0.15) is 0 Å². The number of anilines is 1. The highest BCUT2D eigenvalue weighted by Crippen LogP contribution is 2.25. The van der Waals surface area contributed by atoms with Crippen molar-refractivity contribution in [1.29, 1.82) is 0 Å². The molecule has 0 bridgehead atoms. The number of nitrogens with one attached hydrogen (secondary N) is 1. The molecule has 29 heavy (non-hydrogen) atoms. The number of carbonyl (C=O) groups is 2. The van der Waals surface area contributed by atoms with Gasteiger partial charge >= 0.3 is 5.97 Å². The number of thiophene rings is 1. The molecular formula is C23H30N2O3S. The Morgan fingerprint density at radius 3 is 2.62 bits per heavy atom. The maximum atomic E-state index is 12.7. The number of nitrogens with zero attached hydrogens (tertiary/aromatic N) is 1. The largest absolute Gasteiger partial charge is 0.481 e. The molecule has 1 saturated heterocycles. The molecule has 1 aliphatic rings. The molecule has 156 valence electrons. The summed E-state index contributed by atoms with van der Waals surface area (Å²) >= 11 is 1.55. The summed E-state index contributed by atoms with van der Waals surface area (Å²) in [5.74, 6) is -0.398. The van der Waals surface area contributed by atoms with Crippen LogP contribution in [-0.4, -0.2) is 35.0 Å². The van der Waals surface area contributed by atoms with Crippen molar-refractivity contribution in [2.45, 2.75) is 46.6 Å². The highest BCUT2D eigenvalue weighted by molar-refractivity contribution is 7.14. The van der Waals surface area contributed by atoms with Gasteiger partial charge in [0.2, 0.25) is 0 Å². The third kappa shape index (κ3) is 5.90. The minimum Gasteiger partial charge on any atom is -0.481 e. The summed E-state index contributed by atoms with van der Waals surface area (Å²) in [7, 11) is 0. The molecule has 1 fully saturated rings. The molecule has 1 amide bonds. The van der Waals surface area contributed by atoms with Crippen LogP contribution >= 0.6 is 11.3 Å². The predicted molar refractivity (Wildman–Crippen MR) is 118 cm³/mol. The number of carboxylic acid groups (broad SMARTS) is 1. The molecule has 3 rings (SSSR count). The van der Waals surface area contributed by atoms with E-state index in [0.717, 1.165) is 42.2 Å². The van der Waals surface area contributed by atoms with E-state index < -0.39 is 5.97 Å². The Bertz CT molecular complexity index is 867. The lowest BCUT2D eigenvalue weighted by atomic mass is 9.97. The fourth-order valence-corrected chi connectivity index (χ4v) is 4.76. The lowest BCUT2D eigenvalue weighted by Gasteiger charge is -2.30. The number of hydrogen-bond acceptors (Lipinski definition) is 4. The minimum absolute atomic E-state index is 0.0625. The molecule has 6 heteroatoms. The van der Waals surface area contributed by atoms with E-state index in [1.165, 1.54) is 10.4 Å². The number of aryl methyl sites for hydroxylation is 1. The van der Waals surface area contributed by atoms with Gasteiger partial charge in [-0.05, 0) is 74.5 Å². The summed E-state index contributed by atoms with van der Waals surface area (Å²) in [6, 6.07) is 9.95. The Labute approximate surface area is 176 Å². The van der Waals surface area contributed by atoms with Crippen LogP contribution in [0.15, 0.2) is 30.3 Å². The molecule has 2 heterocycles. The SMILES string of the molecule is Cc1sc(C(=O)Nc2cccc(CN3CCC(C(=O)O)CC3)c2)cc1CC(C)C. The normalized spacial score (nSPS) is 15.6. The van der Waals surface area contributed by atoms with Crippen LogP contribution in [0.1, 0.15) is 52.4 Å². The molecule has 0 unspecified atom stereocenters. The van der Waals surface area contributed by atoms with Crippen LogP contribution in [0.4, 0.5) is 5.69 Å². The molecule has 0 atom stereocenters. The first-order chi connectivity index (χ1) is 13.8. The molecule has 0 saturated carbocycles. The van der Waals surface area contributed by atoms with Gasteiger partial charge in [0.25, 0.3) is 5.91 Å². The Balaban J connectivity index is 1.60. The smallest absolute Gasteiger partial charge is 0.306 e. The van der Waals surface area contributed by atoms with Crippen molar-refractivity contribution >= 4 is 28.9 Å². The van der Waals surface area contributed by atoms with Crippen LogP contribution < -0.4 is 5.32 Å². The summed E-state index contributed by atoms with van der Waals surface area (Å²) < 4.78 is 0. The third-order valence-electron chi connectivity index (χ3n) is 5.40. The van der Waals surface area contributed by atoms with Crippen molar-refractivity contribution in [2.24, 2.45) is 11.8 Å². The van der Waals surface area contributed by atoms with Gasteiger partial charge in [0, 0.05) is 17.1 Å². The molecule has 0 radical (unpaired) electrons. The van der Waals surface area contributed by atoms with Crippen molar-refractivity contribution in [3.63, 3.8) is 0 Å². The Hall–Kier alpha value is -2.18. The average Bonchev–Trinajstić information content (AvgIpc) is 3.02. The molecule has 2 aromatic rings. The van der Waals surface area contributed by atoms with Gasteiger partial charge in [-0.25, -0.2) is 0 Å². The van der Waals surface area contributed by atoms with E-state index in [2.05, 4.69) is 37.1 Å². The van der Waals surface area contributed by atoms with Gasteiger partial charge < -0.3 is 10.4 Å². The van der Waals surface area contributed by atoms with Crippen LogP contribution in [0.5, 0.6) is 0 Å². The maximum Gasteiger partial charge on any atom is 0.306 e. The van der Waals surface area contributed by atoms with E-state index in [1.807, 2.05) is 24.3 Å². The van der Waals surface area contributed by atoms with Crippen molar-refractivity contribution < 1.29 is 14.7 Å². The third-order valence-corrected chi connectivity index (χ3v) is 6.49. The first-order valence-electron chi connectivity index (χ1n) is 10.3. The van der Waals surface area contributed by atoms with Crippen molar-refractivity contribution in [3.8, 4) is 0 Å². The number of amides is 1. The maximum absolute atomic E-state index is 12.7. The number of piperidine rings is 1. The summed E-state index contributed by atoms with van der Waals surface area (Å²) in [6.45, 7) is 8.81. The number of benzene rings is 1. The number of likely N-dealkylation sites (tertiary alicyclic amines) is 1. The first kappa shape index (κ1) is 21.5. The second-order valence-corrected chi connectivity index (χ2v) is 9.59. The summed E-state index contributed by atoms with van der Waals surface area (Å²) in [5.41, 5.74) is 3.18. The second-order valence-electron chi connectivity index (χ2n) is 8.33.